The van der Waals surface area contributed by atoms with Crippen LogP contribution in [-0.4, -0.2) is 23.7 Å². The largest absolute Gasteiger partial charge is 0.368 e. The molecule has 1 unspecified atom stereocenters. The van der Waals surface area contributed by atoms with E-state index in [2.05, 4.69) is 45.5 Å². The highest BCUT2D eigenvalue weighted by molar-refractivity contribution is 9.10. The second kappa shape index (κ2) is 8.70. The fourth-order valence-corrected chi connectivity index (χ4v) is 3.17. The van der Waals surface area contributed by atoms with Gasteiger partial charge in [0, 0.05) is 9.37 Å². The standard InChI is InChI=1S/C15H23BrN2OS/c1-3-18-15(2,14(17)19)10-4-5-11-20-13-8-6-12(16)7-9-13/h6-9,18H,3-5,10-11H2,1-2H3,(H2,17,19). The summed E-state index contributed by atoms with van der Waals surface area (Å²) >= 11 is 5.27. The van der Waals surface area contributed by atoms with E-state index in [-0.39, 0.29) is 5.91 Å². The number of rotatable bonds is 9. The van der Waals surface area contributed by atoms with Crippen molar-refractivity contribution in [3.8, 4) is 0 Å². The molecular weight excluding hydrogens is 336 g/mol. The zero-order valence-electron chi connectivity index (χ0n) is 12.1. The van der Waals surface area contributed by atoms with Crippen molar-refractivity contribution >= 4 is 33.6 Å². The van der Waals surface area contributed by atoms with Crippen LogP contribution in [0.5, 0.6) is 0 Å². The molecule has 0 aromatic heterocycles. The average molecular weight is 359 g/mol. The van der Waals surface area contributed by atoms with Gasteiger partial charge in [0.25, 0.3) is 0 Å². The van der Waals surface area contributed by atoms with Gasteiger partial charge in [0.1, 0.15) is 0 Å². The normalized spacial score (nSPS) is 13.9. The maximum Gasteiger partial charge on any atom is 0.237 e. The fourth-order valence-electron chi connectivity index (χ4n) is 1.99. The molecule has 0 aliphatic carbocycles. The van der Waals surface area contributed by atoms with Crippen LogP contribution in [-0.2, 0) is 4.79 Å². The van der Waals surface area contributed by atoms with E-state index in [1.54, 1.807) is 0 Å². The zero-order valence-corrected chi connectivity index (χ0v) is 14.5. The summed E-state index contributed by atoms with van der Waals surface area (Å²) in [6.07, 6.45) is 2.86. The number of thioether (sulfide) groups is 1. The van der Waals surface area contributed by atoms with Gasteiger partial charge in [-0.15, -0.1) is 11.8 Å². The molecule has 20 heavy (non-hydrogen) atoms. The van der Waals surface area contributed by atoms with Crippen LogP contribution in [0.3, 0.4) is 0 Å². The second-order valence-electron chi connectivity index (χ2n) is 4.99. The number of benzene rings is 1. The Morgan fingerprint density at radius 3 is 2.55 bits per heavy atom. The third kappa shape index (κ3) is 5.85. The molecule has 3 N–H and O–H groups in total. The van der Waals surface area contributed by atoms with E-state index >= 15 is 0 Å². The van der Waals surface area contributed by atoms with Crippen molar-refractivity contribution in [2.24, 2.45) is 5.73 Å². The van der Waals surface area contributed by atoms with Crippen LogP contribution in [0.15, 0.2) is 33.6 Å². The number of carbonyl (C=O) groups excluding carboxylic acids is 1. The summed E-state index contributed by atoms with van der Waals surface area (Å²) < 4.78 is 1.10. The van der Waals surface area contributed by atoms with Gasteiger partial charge in [-0.25, -0.2) is 0 Å². The van der Waals surface area contributed by atoms with Gasteiger partial charge in [-0.05, 0) is 56.3 Å². The van der Waals surface area contributed by atoms with E-state index in [1.165, 1.54) is 4.90 Å². The Labute approximate surface area is 134 Å². The summed E-state index contributed by atoms with van der Waals surface area (Å²) in [6, 6.07) is 8.33. The summed E-state index contributed by atoms with van der Waals surface area (Å²) in [6.45, 7) is 4.64. The van der Waals surface area contributed by atoms with Gasteiger partial charge >= 0.3 is 0 Å². The minimum absolute atomic E-state index is 0.264. The Kier molecular flexibility index (Phi) is 7.62. The lowest BCUT2D eigenvalue weighted by molar-refractivity contribution is -0.124. The van der Waals surface area contributed by atoms with Gasteiger partial charge in [0.2, 0.25) is 5.91 Å². The van der Waals surface area contributed by atoms with Crippen LogP contribution in [0.4, 0.5) is 0 Å². The molecular formula is C15H23BrN2OS. The Bertz CT molecular complexity index is 424. The van der Waals surface area contributed by atoms with E-state index in [9.17, 15) is 4.79 Å². The fraction of sp³-hybridized carbons (Fsp3) is 0.533. The van der Waals surface area contributed by atoms with Crippen LogP contribution in [0.25, 0.3) is 0 Å². The lowest BCUT2D eigenvalue weighted by atomic mass is 9.94. The molecule has 1 atom stereocenters. The van der Waals surface area contributed by atoms with Gasteiger partial charge in [-0.3, -0.25) is 4.79 Å². The monoisotopic (exact) mass is 358 g/mol. The molecule has 1 amide bonds. The SMILES string of the molecule is CCNC(C)(CCCCSc1ccc(Br)cc1)C(N)=O. The Hall–Kier alpha value is -0.520. The first-order valence-corrected chi connectivity index (χ1v) is 8.69. The summed E-state index contributed by atoms with van der Waals surface area (Å²) in [7, 11) is 0. The first kappa shape index (κ1) is 17.5. The minimum atomic E-state index is -0.572. The number of amides is 1. The van der Waals surface area contributed by atoms with E-state index < -0.39 is 5.54 Å². The highest BCUT2D eigenvalue weighted by Crippen LogP contribution is 2.22. The van der Waals surface area contributed by atoms with Gasteiger partial charge in [0.05, 0.1) is 5.54 Å². The molecule has 0 fully saturated rings. The molecule has 0 heterocycles. The summed E-state index contributed by atoms with van der Waals surface area (Å²) in [5, 5.41) is 3.19. The van der Waals surface area contributed by atoms with Crippen molar-refractivity contribution in [3.63, 3.8) is 0 Å². The topological polar surface area (TPSA) is 55.1 Å². The van der Waals surface area contributed by atoms with Crippen molar-refractivity contribution in [2.45, 2.75) is 43.5 Å². The zero-order chi connectivity index (χ0) is 15.0. The number of nitrogens with one attached hydrogen (secondary N) is 1. The van der Waals surface area contributed by atoms with E-state index in [0.29, 0.717) is 0 Å². The molecule has 5 heteroatoms. The van der Waals surface area contributed by atoms with Crippen LogP contribution in [0, 0.1) is 0 Å². The number of nitrogens with two attached hydrogens (primary N) is 1. The molecule has 1 aromatic carbocycles. The molecule has 0 bridgehead atoms. The summed E-state index contributed by atoms with van der Waals surface area (Å²) in [4.78, 5) is 12.8. The third-order valence-electron chi connectivity index (χ3n) is 3.26. The first-order valence-electron chi connectivity index (χ1n) is 6.91. The molecule has 112 valence electrons. The number of halogens is 1. The van der Waals surface area contributed by atoms with Gasteiger partial charge in [0.15, 0.2) is 0 Å². The predicted octanol–water partition coefficient (Wildman–Crippen LogP) is 3.57. The Morgan fingerprint density at radius 1 is 1.35 bits per heavy atom. The van der Waals surface area contributed by atoms with E-state index in [0.717, 1.165) is 36.0 Å². The maximum atomic E-state index is 11.5. The van der Waals surface area contributed by atoms with Crippen molar-refractivity contribution in [1.82, 2.24) is 5.32 Å². The molecule has 0 radical (unpaired) electrons. The number of hydrogen-bond acceptors (Lipinski definition) is 3. The van der Waals surface area contributed by atoms with Crippen molar-refractivity contribution in [2.75, 3.05) is 12.3 Å². The number of carbonyl (C=O) groups is 1. The number of primary amides is 1. The highest BCUT2D eigenvalue weighted by Gasteiger charge is 2.28. The quantitative estimate of drug-likeness (QED) is 0.524. The molecule has 3 nitrogen and oxygen atoms in total. The van der Waals surface area contributed by atoms with Gasteiger partial charge < -0.3 is 11.1 Å². The lowest BCUT2D eigenvalue weighted by Gasteiger charge is -2.26. The molecule has 0 aliphatic heterocycles. The predicted molar refractivity (Wildman–Crippen MR) is 90.0 cm³/mol. The minimum Gasteiger partial charge on any atom is -0.368 e. The molecule has 1 rings (SSSR count). The maximum absolute atomic E-state index is 11.5. The number of unbranched alkanes of at least 4 members (excludes halogenated alkanes) is 1. The van der Waals surface area contributed by atoms with Crippen LogP contribution < -0.4 is 11.1 Å². The molecule has 0 aliphatic rings. The Balaban J connectivity index is 2.27. The van der Waals surface area contributed by atoms with E-state index in [1.807, 2.05) is 25.6 Å². The lowest BCUT2D eigenvalue weighted by Crippen LogP contribution is -2.52. The van der Waals surface area contributed by atoms with Crippen molar-refractivity contribution < 1.29 is 4.79 Å². The Morgan fingerprint density at radius 2 is 2.00 bits per heavy atom. The van der Waals surface area contributed by atoms with Crippen LogP contribution >= 0.6 is 27.7 Å². The number of likely N-dealkylation sites (N-methyl/N-ethyl adjacent to an activating group) is 1. The van der Waals surface area contributed by atoms with Crippen LogP contribution in [0.2, 0.25) is 0 Å². The average Bonchev–Trinajstić information content (AvgIpc) is 2.40. The highest BCUT2D eigenvalue weighted by atomic mass is 79.9. The van der Waals surface area contributed by atoms with Gasteiger partial charge in [-0.1, -0.05) is 29.3 Å². The molecule has 1 aromatic rings. The second-order valence-corrected chi connectivity index (χ2v) is 7.07. The van der Waals surface area contributed by atoms with Crippen molar-refractivity contribution in [3.05, 3.63) is 28.7 Å². The van der Waals surface area contributed by atoms with Crippen molar-refractivity contribution in [1.29, 1.82) is 0 Å². The molecule has 0 spiro atoms. The third-order valence-corrected chi connectivity index (χ3v) is 4.89. The van der Waals surface area contributed by atoms with Gasteiger partial charge in [-0.2, -0.15) is 0 Å². The van der Waals surface area contributed by atoms with E-state index in [4.69, 9.17) is 5.73 Å². The summed E-state index contributed by atoms with van der Waals surface area (Å²) in [5.41, 5.74) is 4.89. The summed E-state index contributed by atoms with van der Waals surface area (Å²) in [5.74, 6) is 0.794. The molecule has 0 saturated carbocycles. The smallest absolute Gasteiger partial charge is 0.237 e. The molecule has 0 saturated heterocycles. The first-order chi connectivity index (χ1) is 9.48. The number of hydrogen-bond donors (Lipinski definition) is 2. The van der Waals surface area contributed by atoms with Crippen LogP contribution in [0.1, 0.15) is 33.1 Å².